The zero-order chi connectivity index (χ0) is 21.5. The number of hydrogen-bond acceptors (Lipinski definition) is 2. The number of fused-ring (bicyclic) bond motifs is 1. The second-order valence-corrected chi connectivity index (χ2v) is 7.99. The van der Waals surface area contributed by atoms with Gasteiger partial charge in [-0.15, -0.1) is 0 Å². The van der Waals surface area contributed by atoms with Gasteiger partial charge in [0.05, 0.1) is 23.8 Å². The van der Waals surface area contributed by atoms with Crippen LogP contribution in [-0.2, 0) is 17.3 Å². The van der Waals surface area contributed by atoms with Crippen LogP contribution in [0.3, 0.4) is 0 Å². The van der Waals surface area contributed by atoms with Gasteiger partial charge in [0, 0.05) is 52.4 Å². The topological polar surface area (TPSA) is 28.3 Å². The first-order valence-electron chi connectivity index (χ1n) is 9.42. The number of nitrogens with zero attached hydrogens (tertiary/aromatic N) is 1. The van der Waals surface area contributed by atoms with E-state index in [0.29, 0.717) is 46.1 Å². The molecule has 1 N–H and O–H groups in total. The lowest BCUT2D eigenvalue weighted by molar-refractivity contribution is -0.137. The monoisotopic (exact) mass is 454 g/mol. The fourth-order valence-corrected chi connectivity index (χ4v) is 4.25. The highest BCUT2D eigenvalue weighted by molar-refractivity contribution is 6.37. The fourth-order valence-electron chi connectivity index (χ4n) is 3.64. The maximum atomic E-state index is 13.0. The van der Waals surface area contributed by atoms with Crippen molar-refractivity contribution in [2.24, 2.45) is 0 Å². The van der Waals surface area contributed by atoms with E-state index >= 15 is 0 Å². The van der Waals surface area contributed by atoms with Gasteiger partial charge in [0.15, 0.2) is 0 Å². The molecule has 1 fully saturated rings. The summed E-state index contributed by atoms with van der Waals surface area (Å²) in [5.74, 6) is 0. The van der Waals surface area contributed by atoms with E-state index in [2.05, 4.69) is 16.5 Å². The summed E-state index contributed by atoms with van der Waals surface area (Å²) in [6, 6.07) is 8.94. The van der Waals surface area contributed by atoms with Crippen molar-refractivity contribution in [3.63, 3.8) is 0 Å². The number of aromatic nitrogens is 1. The lowest BCUT2D eigenvalue weighted by Crippen LogP contribution is -2.34. The summed E-state index contributed by atoms with van der Waals surface area (Å²) in [6.07, 6.45) is -4.02. The van der Waals surface area contributed by atoms with Crippen molar-refractivity contribution in [3.05, 3.63) is 75.4 Å². The molecule has 3 aromatic rings. The molecule has 2 heterocycles. The van der Waals surface area contributed by atoms with Crippen molar-refractivity contribution in [3.8, 4) is 0 Å². The van der Waals surface area contributed by atoms with Crippen LogP contribution >= 0.6 is 23.2 Å². The molecular formula is C22H19Cl2F3N2O. The molecule has 1 saturated heterocycles. The summed E-state index contributed by atoms with van der Waals surface area (Å²) in [4.78, 5) is 5.27. The Morgan fingerprint density at radius 1 is 1.10 bits per heavy atom. The third kappa shape index (κ3) is 4.17. The van der Waals surface area contributed by atoms with Gasteiger partial charge < -0.3 is 14.6 Å². The molecule has 0 aliphatic carbocycles. The van der Waals surface area contributed by atoms with Gasteiger partial charge in [-0.3, -0.25) is 0 Å². The smallest absolute Gasteiger partial charge is 0.378 e. The number of halogens is 5. The average molecular weight is 455 g/mol. The molecule has 0 unspecified atom stereocenters. The van der Waals surface area contributed by atoms with Crippen LogP contribution in [0.4, 0.5) is 13.2 Å². The highest BCUT2D eigenvalue weighted by Gasteiger charge is 2.30. The Morgan fingerprint density at radius 2 is 1.83 bits per heavy atom. The SMILES string of the molecule is C=C(c1ccc(Cl)c(Cc2cc3cc(C(F)(F)F)ccc3[nH]2)c1Cl)N1CCOCC1. The Kier molecular flexibility index (Phi) is 5.75. The van der Waals surface area contributed by atoms with Crippen molar-refractivity contribution in [2.75, 3.05) is 26.3 Å². The largest absolute Gasteiger partial charge is 0.416 e. The summed E-state index contributed by atoms with van der Waals surface area (Å²) in [5.41, 5.74) is 2.95. The molecule has 0 saturated carbocycles. The summed E-state index contributed by atoms with van der Waals surface area (Å²) in [6.45, 7) is 6.91. The number of aromatic amines is 1. The molecule has 1 aliphatic heterocycles. The Bertz CT molecular complexity index is 1100. The second-order valence-electron chi connectivity index (χ2n) is 7.20. The van der Waals surface area contributed by atoms with E-state index < -0.39 is 11.7 Å². The van der Waals surface area contributed by atoms with Gasteiger partial charge in [0.25, 0.3) is 0 Å². The lowest BCUT2D eigenvalue weighted by atomic mass is 10.0. The van der Waals surface area contributed by atoms with Crippen LogP contribution < -0.4 is 0 Å². The summed E-state index contributed by atoms with van der Waals surface area (Å²) >= 11 is 13.1. The minimum atomic E-state index is -4.38. The molecule has 4 rings (SSSR count). The molecule has 0 atom stereocenters. The summed E-state index contributed by atoms with van der Waals surface area (Å²) in [7, 11) is 0. The van der Waals surface area contributed by atoms with Crippen molar-refractivity contribution >= 4 is 39.8 Å². The van der Waals surface area contributed by atoms with E-state index in [-0.39, 0.29) is 0 Å². The van der Waals surface area contributed by atoms with Crippen LogP contribution in [0.2, 0.25) is 10.0 Å². The molecule has 0 bridgehead atoms. The van der Waals surface area contributed by atoms with Gasteiger partial charge in [-0.1, -0.05) is 29.8 Å². The van der Waals surface area contributed by atoms with Gasteiger partial charge >= 0.3 is 6.18 Å². The van der Waals surface area contributed by atoms with Crippen LogP contribution in [0.5, 0.6) is 0 Å². The molecule has 0 radical (unpaired) electrons. The quantitative estimate of drug-likeness (QED) is 0.494. The predicted octanol–water partition coefficient (Wildman–Crippen LogP) is 6.39. The van der Waals surface area contributed by atoms with Gasteiger partial charge in [-0.2, -0.15) is 13.2 Å². The van der Waals surface area contributed by atoms with Crippen LogP contribution in [0.1, 0.15) is 22.4 Å². The molecular weight excluding hydrogens is 436 g/mol. The Hall–Kier alpha value is -2.15. The molecule has 30 heavy (non-hydrogen) atoms. The third-order valence-corrected chi connectivity index (χ3v) is 6.05. The van der Waals surface area contributed by atoms with Crippen LogP contribution in [0, 0.1) is 0 Å². The molecule has 158 valence electrons. The van der Waals surface area contributed by atoms with E-state index in [0.717, 1.165) is 42.2 Å². The van der Waals surface area contributed by atoms with Crippen molar-refractivity contribution in [1.82, 2.24) is 9.88 Å². The number of H-pyrrole nitrogens is 1. The van der Waals surface area contributed by atoms with E-state index in [1.165, 1.54) is 6.07 Å². The molecule has 2 aromatic carbocycles. The number of morpholine rings is 1. The number of benzene rings is 2. The summed E-state index contributed by atoms with van der Waals surface area (Å²) in [5, 5.41) is 1.47. The number of rotatable bonds is 4. The number of nitrogens with one attached hydrogen (secondary N) is 1. The summed E-state index contributed by atoms with van der Waals surface area (Å²) < 4.78 is 44.3. The lowest BCUT2D eigenvalue weighted by Gasteiger charge is -2.31. The zero-order valence-corrected chi connectivity index (χ0v) is 17.5. The predicted molar refractivity (Wildman–Crippen MR) is 114 cm³/mol. The molecule has 0 spiro atoms. The Labute approximate surface area is 182 Å². The standard InChI is InChI=1S/C22H19Cl2F3N2O/c1-13(29-6-8-30-9-7-29)17-3-4-19(23)18(21(17)24)12-16-11-14-10-15(22(25,26)27)2-5-20(14)28-16/h2-5,10-11,28H,1,6-9,12H2. The second kappa shape index (κ2) is 8.17. The van der Waals surface area contributed by atoms with Gasteiger partial charge in [0.1, 0.15) is 0 Å². The molecule has 1 aromatic heterocycles. The maximum Gasteiger partial charge on any atom is 0.416 e. The Morgan fingerprint density at radius 3 is 2.53 bits per heavy atom. The third-order valence-electron chi connectivity index (χ3n) is 5.26. The maximum absolute atomic E-state index is 13.0. The van der Waals surface area contributed by atoms with Crippen LogP contribution in [-0.4, -0.2) is 36.2 Å². The van der Waals surface area contributed by atoms with Crippen molar-refractivity contribution in [1.29, 1.82) is 0 Å². The van der Waals surface area contributed by atoms with E-state index in [9.17, 15) is 13.2 Å². The Balaban J connectivity index is 1.65. The van der Waals surface area contributed by atoms with Crippen molar-refractivity contribution < 1.29 is 17.9 Å². The van der Waals surface area contributed by atoms with Crippen LogP contribution in [0.15, 0.2) is 43.0 Å². The first kappa shape index (κ1) is 21.1. The van der Waals surface area contributed by atoms with E-state index in [1.807, 2.05) is 6.07 Å². The van der Waals surface area contributed by atoms with Gasteiger partial charge in [-0.05, 0) is 42.0 Å². The zero-order valence-electron chi connectivity index (χ0n) is 16.0. The number of ether oxygens (including phenoxy) is 1. The molecule has 0 amide bonds. The van der Waals surface area contributed by atoms with Gasteiger partial charge in [0.2, 0.25) is 0 Å². The average Bonchev–Trinajstić information content (AvgIpc) is 3.12. The first-order valence-corrected chi connectivity index (χ1v) is 10.2. The molecule has 3 nitrogen and oxygen atoms in total. The molecule has 1 aliphatic rings. The number of hydrogen-bond donors (Lipinski definition) is 1. The number of alkyl halides is 3. The minimum absolute atomic E-state index is 0.359. The molecule has 8 heteroatoms. The van der Waals surface area contributed by atoms with E-state index in [1.54, 1.807) is 12.1 Å². The minimum Gasteiger partial charge on any atom is -0.378 e. The van der Waals surface area contributed by atoms with E-state index in [4.69, 9.17) is 27.9 Å². The fraction of sp³-hybridized carbons (Fsp3) is 0.273. The first-order chi connectivity index (χ1) is 14.2. The highest BCUT2D eigenvalue weighted by atomic mass is 35.5. The van der Waals surface area contributed by atoms with Crippen LogP contribution in [0.25, 0.3) is 16.6 Å². The highest BCUT2D eigenvalue weighted by Crippen LogP contribution is 2.36. The van der Waals surface area contributed by atoms with Gasteiger partial charge in [-0.25, -0.2) is 0 Å². The van der Waals surface area contributed by atoms with Crippen molar-refractivity contribution in [2.45, 2.75) is 12.6 Å². The normalized spacial score (nSPS) is 15.0.